The normalized spacial score (nSPS) is 11.3. The Labute approximate surface area is 180 Å². The molecule has 0 aliphatic heterocycles. The van der Waals surface area contributed by atoms with Crippen molar-refractivity contribution in [2.45, 2.75) is 26.7 Å². The molecule has 3 aromatic rings. The number of fused-ring (bicyclic) bond motifs is 1. The number of aromatic nitrogens is 4. The van der Waals surface area contributed by atoms with Crippen LogP contribution >= 0.6 is 0 Å². The Bertz CT molecular complexity index is 1050. The van der Waals surface area contributed by atoms with E-state index < -0.39 is 11.6 Å². The molecule has 0 amide bonds. The molecule has 1 aromatic carbocycles. The first-order valence-corrected chi connectivity index (χ1v) is 10.2. The van der Waals surface area contributed by atoms with Gasteiger partial charge in [0.1, 0.15) is 22.8 Å². The molecule has 0 fully saturated rings. The topological polar surface area (TPSA) is 73.3 Å². The molecule has 0 atom stereocenters. The number of halogens is 2. The summed E-state index contributed by atoms with van der Waals surface area (Å²) < 4.78 is 38.7. The first kappa shape index (κ1) is 22.9. The standard InChI is InChI=1S/C22H27F2N5O2/c1-14-15(2)26-21-20(25-14)19(17-8-7-16(23)13-18(17)24)27-22(28-21)29(3)9-12-31-11-6-5-10-30-4/h7-8,13H,5-6,9-12H2,1-4H3. The minimum absolute atomic E-state index is 0.149. The van der Waals surface area contributed by atoms with Gasteiger partial charge in [-0.05, 0) is 38.8 Å². The second kappa shape index (κ2) is 10.5. The molecule has 0 spiro atoms. The molecule has 2 aromatic heterocycles. The fourth-order valence-electron chi connectivity index (χ4n) is 2.99. The van der Waals surface area contributed by atoms with Crippen molar-refractivity contribution >= 4 is 17.1 Å². The molecule has 2 heterocycles. The van der Waals surface area contributed by atoms with E-state index in [0.29, 0.717) is 42.6 Å². The first-order valence-electron chi connectivity index (χ1n) is 10.2. The van der Waals surface area contributed by atoms with Gasteiger partial charge in [0.15, 0.2) is 5.65 Å². The van der Waals surface area contributed by atoms with Gasteiger partial charge in [-0.1, -0.05) is 0 Å². The van der Waals surface area contributed by atoms with E-state index in [1.165, 1.54) is 12.1 Å². The summed E-state index contributed by atoms with van der Waals surface area (Å²) >= 11 is 0. The molecule has 0 bridgehead atoms. The highest BCUT2D eigenvalue weighted by molar-refractivity contribution is 5.88. The number of ether oxygens (including phenoxy) is 2. The van der Waals surface area contributed by atoms with Crippen molar-refractivity contribution in [2.75, 3.05) is 45.4 Å². The summed E-state index contributed by atoms with van der Waals surface area (Å²) in [6.45, 7) is 6.05. The number of aryl methyl sites for hydroxylation is 2. The highest BCUT2D eigenvalue weighted by atomic mass is 19.1. The molecule has 0 unspecified atom stereocenters. The van der Waals surface area contributed by atoms with Crippen molar-refractivity contribution in [3.8, 4) is 11.3 Å². The van der Waals surface area contributed by atoms with E-state index in [9.17, 15) is 8.78 Å². The predicted octanol–water partition coefficient (Wildman–Crippen LogP) is 3.86. The molecule has 0 aliphatic rings. The Hall–Kier alpha value is -2.78. The van der Waals surface area contributed by atoms with E-state index >= 15 is 0 Å². The van der Waals surface area contributed by atoms with Crippen LogP contribution < -0.4 is 4.90 Å². The van der Waals surface area contributed by atoms with Crippen molar-refractivity contribution < 1.29 is 18.3 Å². The maximum absolute atomic E-state index is 14.6. The van der Waals surface area contributed by atoms with Crippen LogP contribution in [0.4, 0.5) is 14.7 Å². The van der Waals surface area contributed by atoms with Crippen LogP contribution in [0, 0.1) is 25.5 Å². The Morgan fingerprint density at radius 2 is 1.68 bits per heavy atom. The molecule has 9 heteroatoms. The molecule has 0 saturated carbocycles. The average molecular weight is 431 g/mol. The lowest BCUT2D eigenvalue weighted by atomic mass is 10.1. The number of unbranched alkanes of at least 4 members (excludes halogenated alkanes) is 1. The molecule has 0 radical (unpaired) electrons. The third-order valence-electron chi connectivity index (χ3n) is 4.92. The number of nitrogens with zero attached hydrogens (tertiary/aromatic N) is 5. The van der Waals surface area contributed by atoms with E-state index in [0.717, 1.165) is 31.2 Å². The second-order valence-corrected chi connectivity index (χ2v) is 7.30. The van der Waals surface area contributed by atoms with Crippen molar-refractivity contribution in [3.63, 3.8) is 0 Å². The predicted molar refractivity (Wildman–Crippen MR) is 115 cm³/mol. The Kier molecular flexibility index (Phi) is 7.75. The third-order valence-corrected chi connectivity index (χ3v) is 4.92. The molecular formula is C22H27F2N5O2. The van der Waals surface area contributed by atoms with Gasteiger partial charge in [-0.2, -0.15) is 4.98 Å². The summed E-state index contributed by atoms with van der Waals surface area (Å²) in [6.07, 6.45) is 1.87. The second-order valence-electron chi connectivity index (χ2n) is 7.30. The first-order chi connectivity index (χ1) is 14.9. The summed E-state index contributed by atoms with van der Waals surface area (Å²) in [6, 6.07) is 3.39. The Morgan fingerprint density at radius 1 is 0.935 bits per heavy atom. The quantitative estimate of drug-likeness (QED) is 0.451. The monoisotopic (exact) mass is 431 g/mol. The minimum Gasteiger partial charge on any atom is -0.385 e. The van der Waals surface area contributed by atoms with Crippen LogP contribution in [0.5, 0.6) is 0 Å². The fourth-order valence-corrected chi connectivity index (χ4v) is 2.99. The van der Waals surface area contributed by atoms with Crippen molar-refractivity contribution in [3.05, 3.63) is 41.2 Å². The maximum Gasteiger partial charge on any atom is 0.227 e. The van der Waals surface area contributed by atoms with E-state index in [1.54, 1.807) is 7.11 Å². The van der Waals surface area contributed by atoms with Crippen LogP contribution in [0.1, 0.15) is 24.2 Å². The van der Waals surface area contributed by atoms with Gasteiger partial charge >= 0.3 is 0 Å². The summed E-state index contributed by atoms with van der Waals surface area (Å²) in [4.78, 5) is 19.9. The average Bonchev–Trinajstić information content (AvgIpc) is 2.73. The van der Waals surface area contributed by atoms with E-state index in [-0.39, 0.29) is 11.3 Å². The van der Waals surface area contributed by atoms with E-state index in [1.807, 2.05) is 25.8 Å². The van der Waals surface area contributed by atoms with Crippen LogP contribution in [0.25, 0.3) is 22.4 Å². The van der Waals surface area contributed by atoms with Gasteiger partial charge in [0.2, 0.25) is 5.95 Å². The molecule has 7 nitrogen and oxygen atoms in total. The minimum atomic E-state index is -0.715. The molecule has 166 valence electrons. The number of rotatable bonds is 10. The van der Waals surface area contributed by atoms with Crippen LogP contribution in [0.2, 0.25) is 0 Å². The summed E-state index contributed by atoms with van der Waals surface area (Å²) in [7, 11) is 3.51. The van der Waals surface area contributed by atoms with E-state index in [4.69, 9.17) is 9.47 Å². The van der Waals surface area contributed by atoms with Crippen LogP contribution in [-0.4, -0.2) is 60.5 Å². The number of hydrogen-bond acceptors (Lipinski definition) is 7. The van der Waals surface area contributed by atoms with Crippen molar-refractivity contribution in [1.29, 1.82) is 0 Å². The van der Waals surface area contributed by atoms with E-state index in [2.05, 4.69) is 19.9 Å². The van der Waals surface area contributed by atoms with Gasteiger partial charge in [0, 0.05) is 45.5 Å². The van der Waals surface area contributed by atoms with Crippen molar-refractivity contribution in [1.82, 2.24) is 19.9 Å². The molecular weight excluding hydrogens is 404 g/mol. The third kappa shape index (κ3) is 5.68. The number of methoxy groups -OCH3 is 1. The lowest BCUT2D eigenvalue weighted by Gasteiger charge is -2.19. The summed E-state index contributed by atoms with van der Waals surface area (Å²) in [5.74, 6) is -1.00. The number of anilines is 1. The molecule has 0 saturated heterocycles. The lowest BCUT2D eigenvalue weighted by Crippen LogP contribution is -2.25. The van der Waals surface area contributed by atoms with Gasteiger partial charge in [0.25, 0.3) is 0 Å². The van der Waals surface area contributed by atoms with Crippen LogP contribution in [0.15, 0.2) is 18.2 Å². The summed E-state index contributed by atoms with van der Waals surface area (Å²) in [5.41, 5.74) is 2.59. The molecule has 0 N–H and O–H groups in total. The highest BCUT2D eigenvalue weighted by Crippen LogP contribution is 2.29. The van der Waals surface area contributed by atoms with Crippen molar-refractivity contribution in [2.24, 2.45) is 0 Å². The zero-order chi connectivity index (χ0) is 22.4. The van der Waals surface area contributed by atoms with Crippen LogP contribution in [0.3, 0.4) is 0 Å². The van der Waals surface area contributed by atoms with Gasteiger partial charge in [-0.25, -0.2) is 23.7 Å². The molecule has 3 rings (SSSR count). The lowest BCUT2D eigenvalue weighted by molar-refractivity contribution is 0.124. The number of benzene rings is 1. The van der Waals surface area contributed by atoms with Gasteiger partial charge < -0.3 is 14.4 Å². The number of hydrogen-bond donors (Lipinski definition) is 0. The zero-order valence-corrected chi connectivity index (χ0v) is 18.3. The van der Waals surface area contributed by atoms with Crippen LogP contribution in [-0.2, 0) is 9.47 Å². The van der Waals surface area contributed by atoms with Gasteiger partial charge in [0.05, 0.1) is 18.0 Å². The number of likely N-dealkylation sites (N-methyl/N-ethyl adjacent to an activating group) is 1. The fraction of sp³-hybridized carbons (Fsp3) is 0.455. The SMILES string of the molecule is COCCCCOCCN(C)c1nc(-c2ccc(F)cc2F)c2nc(C)c(C)nc2n1. The highest BCUT2D eigenvalue weighted by Gasteiger charge is 2.18. The zero-order valence-electron chi connectivity index (χ0n) is 18.3. The molecule has 0 aliphatic carbocycles. The smallest absolute Gasteiger partial charge is 0.227 e. The Balaban J connectivity index is 1.87. The maximum atomic E-state index is 14.6. The largest absolute Gasteiger partial charge is 0.385 e. The molecule has 31 heavy (non-hydrogen) atoms. The van der Waals surface area contributed by atoms with Gasteiger partial charge in [-0.15, -0.1) is 0 Å². The Morgan fingerprint density at radius 3 is 2.42 bits per heavy atom. The summed E-state index contributed by atoms with van der Waals surface area (Å²) in [5, 5.41) is 0. The van der Waals surface area contributed by atoms with Gasteiger partial charge in [-0.3, -0.25) is 0 Å².